The summed E-state index contributed by atoms with van der Waals surface area (Å²) in [5.74, 6) is 0.586. The molecule has 1 amide bonds. The Kier molecular flexibility index (Phi) is 7.24. The fourth-order valence-electron chi connectivity index (χ4n) is 4.22. The maximum Gasteiger partial charge on any atom is 0.410 e. The number of nitrogens with two attached hydrogens (primary N) is 1. The minimum absolute atomic E-state index is 0. The average molecular weight is 492 g/mol. The molecule has 1 saturated heterocycles. The van der Waals surface area contributed by atoms with Crippen LogP contribution in [0.15, 0.2) is 54.7 Å². The van der Waals surface area contributed by atoms with Crippen molar-refractivity contribution >= 4 is 23.5 Å². The minimum atomic E-state index is -0.535. The second kappa shape index (κ2) is 10.4. The second-order valence-corrected chi connectivity index (χ2v) is 9.99. The van der Waals surface area contributed by atoms with Gasteiger partial charge in [0.1, 0.15) is 22.9 Å². The summed E-state index contributed by atoms with van der Waals surface area (Å²) >= 11 is 0. The molecule has 0 atom stereocenters. The Morgan fingerprint density at radius 2 is 1.81 bits per heavy atom. The van der Waals surface area contributed by atoms with Crippen LogP contribution in [0.1, 0.15) is 51.7 Å². The molecule has 8 heteroatoms. The number of nitrogen functional groups attached to an aromatic ring is 1. The van der Waals surface area contributed by atoms with Gasteiger partial charge in [-0.1, -0.05) is 30.3 Å². The van der Waals surface area contributed by atoms with E-state index in [-0.39, 0.29) is 20.5 Å². The quantitative estimate of drug-likeness (QED) is 0.500. The predicted molar refractivity (Wildman–Crippen MR) is 145 cm³/mol. The number of hydrogen-bond acceptors (Lipinski definition) is 7. The largest absolute Gasteiger partial charge is 0.444 e. The zero-order valence-corrected chi connectivity index (χ0v) is 21.3. The number of benzene rings is 1. The fraction of sp³-hybridized carbons (Fsp3) is 0.357. The lowest BCUT2D eigenvalue weighted by Gasteiger charge is -2.26. The number of ether oxygens (including phenoxy) is 1. The zero-order valence-electron chi connectivity index (χ0n) is 21.3. The summed E-state index contributed by atoms with van der Waals surface area (Å²) < 4.78 is 5.52. The maximum atomic E-state index is 13.4. The molecule has 2 aromatic heterocycles. The first-order valence-corrected chi connectivity index (χ1v) is 12.2. The first kappa shape index (κ1) is 25.2. The van der Waals surface area contributed by atoms with Crippen LogP contribution in [0.25, 0.3) is 11.1 Å². The van der Waals surface area contributed by atoms with E-state index in [1.165, 1.54) is 0 Å². The van der Waals surface area contributed by atoms with E-state index in [4.69, 9.17) is 10.5 Å². The van der Waals surface area contributed by atoms with Gasteiger partial charge in [0.15, 0.2) is 0 Å². The van der Waals surface area contributed by atoms with E-state index in [1.807, 2.05) is 64.1 Å². The fourth-order valence-corrected chi connectivity index (χ4v) is 4.22. The molecule has 192 valence electrons. The minimum Gasteiger partial charge on any atom is -0.444 e. The van der Waals surface area contributed by atoms with Crippen molar-refractivity contribution in [2.24, 2.45) is 0 Å². The molecule has 2 N–H and O–H groups in total. The number of aromatic nitrogens is 2. The van der Waals surface area contributed by atoms with Gasteiger partial charge in [-0.05, 0) is 63.4 Å². The van der Waals surface area contributed by atoms with Crippen molar-refractivity contribution in [2.45, 2.75) is 39.7 Å². The third-order valence-corrected chi connectivity index (χ3v) is 6.06. The number of anilines is 2. The van der Waals surface area contributed by atoms with E-state index in [2.05, 4.69) is 14.9 Å². The lowest BCUT2D eigenvalue weighted by atomic mass is 9.99. The molecule has 0 unspecified atom stereocenters. The predicted octanol–water partition coefficient (Wildman–Crippen LogP) is 5.20. The van der Waals surface area contributed by atoms with Crippen LogP contribution in [0.4, 0.5) is 16.4 Å². The lowest BCUT2D eigenvalue weighted by molar-refractivity contribution is 0.0263. The highest BCUT2D eigenvalue weighted by Crippen LogP contribution is 2.26. The van der Waals surface area contributed by atoms with Crippen LogP contribution in [-0.4, -0.2) is 58.5 Å². The standard InChI is InChI=1S/C28H33N5O3.2H2/c1-19-9-5-6-10-21(19)20-17-22(26(29)30-18-20)25(34)23-11-7-12-24(31-23)32-13-8-14-33(16-15-32)27(35)36-28(2,3)4;;/h5-7,9-12,17-18H,8,13-16H2,1-4H3,(H2,29,30);2*1H. The normalized spacial score (nSPS) is 14.3. The van der Waals surface area contributed by atoms with Gasteiger partial charge in [0.05, 0.1) is 5.56 Å². The smallest absolute Gasteiger partial charge is 0.410 e. The van der Waals surface area contributed by atoms with Crippen LogP contribution in [-0.2, 0) is 4.74 Å². The van der Waals surface area contributed by atoms with Gasteiger partial charge in [0.25, 0.3) is 0 Å². The summed E-state index contributed by atoms with van der Waals surface area (Å²) in [7, 11) is 0. The number of pyridine rings is 2. The van der Waals surface area contributed by atoms with Crippen LogP contribution in [0.3, 0.4) is 0 Å². The third-order valence-electron chi connectivity index (χ3n) is 6.06. The molecule has 36 heavy (non-hydrogen) atoms. The number of carbonyl (C=O) groups excluding carboxylic acids is 2. The summed E-state index contributed by atoms with van der Waals surface area (Å²) in [4.78, 5) is 38.7. The van der Waals surface area contributed by atoms with Gasteiger partial charge in [0.2, 0.25) is 5.78 Å². The molecule has 0 bridgehead atoms. The molecule has 1 fully saturated rings. The van der Waals surface area contributed by atoms with Crippen molar-refractivity contribution < 1.29 is 17.2 Å². The number of ketones is 1. The Balaban J connectivity index is 0.00000253. The van der Waals surface area contributed by atoms with E-state index in [0.29, 0.717) is 36.7 Å². The molecule has 8 nitrogen and oxygen atoms in total. The van der Waals surface area contributed by atoms with Crippen molar-refractivity contribution in [3.05, 3.63) is 71.5 Å². The van der Waals surface area contributed by atoms with Crippen molar-refractivity contribution in [1.29, 1.82) is 0 Å². The van der Waals surface area contributed by atoms with Gasteiger partial charge in [0, 0.05) is 40.8 Å². The van der Waals surface area contributed by atoms with E-state index < -0.39 is 5.60 Å². The summed E-state index contributed by atoms with van der Waals surface area (Å²) in [6.45, 7) is 10.0. The van der Waals surface area contributed by atoms with Crippen molar-refractivity contribution in [1.82, 2.24) is 14.9 Å². The summed E-state index contributed by atoms with van der Waals surface area (Å²) in [5.41, 5.74) is 9.12. The van der Waals surface area contributed by atoms with Gasteiger partial charge >= 0.3 is 6.09 Å². The lowest BCUT2D eigenvalue weighted by Crippen LogP contribution is -2.39. The molecule has 3 heterocycles. The highest BCUT2D eigenvalue weighted by Gasteiger charge is 2.25. The SMILES string of the molecule is Cc1ccccc1-c1cnc(N)c(C(=O)c2cccc(N3CCCN(C(=O)OC(C)(C)C)CC3)n2)c1.[HH].[HH]. The molecular weight excluding hydrogens is 454 g/mol. The Bertz CT molecular complexity index is 1280. The van der Waals surface area contributed by atoms with Crippen molar-refractivity contribution in [3.63, 3.8) is 0 Å². The van der Waals surface area contributed by atoms with Crippen molar-refractivity contribution in [2.75, 3.05) is 36.8 Å². The molecule has 4 rings (SSSR count). The summed E-state index contributed by atoms with van der Waals surface area (Å²) in [6.07, 6.45) is 2.15. The molecular formula is C28H37N5O3. The van der Waals surface area contributed by atoms with E-state index in [9.17, 15) is 9.59 Å². The molecule has 0 saturated carbocycles. The van der Waals surface area contributed by atoms with Crippen LogP contribution in [0.2, 0.25) is 0 Å². The first-order chi connectivity index (χ1) is 17.1. The molecule has 1 aliphatic rings. The Morgan fingerprint density at radius 1 is 1.03 bits per heavy atom. The Hall–Kier alpha value is -3.94. The maximum absolute atomic E-state index is 13.4. The van der Waals surface area contributed by atoms with Gasteiger partial charge in [-0.15, -0.1) is 0 Å². The van der Waals surface area contributed by atoms with Crippen LogP contribution in [0.5, 0.6) is 0 Å². The van der Waals surface area contributed by atoms with E-state index in [1.54, 1.807) is 23.2 Å². The number of amides is 1. The summed E-state index contributed by atoms with van der Waals surface area (Å²) in [6, 6.07) is 15.1. The van der Waals surface area contributed by atoms with Gasteiger partial charge < -0.3 is 20.3 Å². The molecule has 1 aliphatic heterocycles. The number of carbonyl (C=O) groups is 2. The van der Waals surface area contributed by atoms with E-state index >= 15 is 0 Å². The van der Waals surface area contributed by atoms with E-state index in [0.717, 1.165) is 29.7 Å². The molecule has 0 aliphatic carbocycles. The highest BCUT2D eigenvalue weighted by atomic mass is 16.6. The van der Waals surface area contributed by atoms with Crippen LogP contribution in [0, 0.1) is 6.92 Å². The molecule has 0 spiro atoms. The second-order valence-electron chi connectivity index (χ2n) is 9.99. The average Bonchev–Trinajstić information content (AvgIpc) is 3.10. The Labute approximate surface area is 215 Å². The van der Waals surface area contributed by atoms with Crippen molar-refractivity contribution in [3.8, 4) is 11.1 Å². The first-order valence-electron chi connectivity index (χ1n) is 12.2. The summed E-state index contributed by atoms with van der Waals surface area (Å²) in [5, 5.41) is 0. The topological polar surface area (TPSA) is 102 Å². The number of aryl methyl sites for hydroxylation is 1. The number of nitrogens with zero attached hydrogens (tertiary/aromatic N) is 4. The molecule has 1 aromatic carbocycles. The number of rotatable bonds is 4. The van der Waals surface area contributed by atoms with Crippen LogP contribution >= 0.6 is 0 Å². The Morgan fingerprint density at radius 3 is 2.56 bits per heavy atom. The zero-order chi connectivity index (χ0) is 25.9. The van der Waals surface area contributed by atoms with Crippen LogP contribution < -0.4 is 10.6 Å². The van der Waals surface area contributed by atoms with Gasteiger partial charge in [-0.2, -0.15) is 0 Å². The van der Waals surface area contributed by atoms with Gasteiger partial charge in [-0.25, -0.2) is 14.8 Å². The van der Waals surface area contributed by atoms with Gasteiger partial charge in [-0.3, -0.25) is 4.79 Å². The number of hydrogen-bond donors (Lipinski definition) is 1. The molecule has 3 aromatic rings. The highest BCUT2D eigenvalue weighted by molar-refractivity contribution is 6.11. The monoisotopic (exact) mass is 491 g/mol. The molecule has 0 radical (unpaired) electrons. The third kappa shape index (κ3) is 5.82.